The summed E-state index contributed by atoms with van der Waals surface area (Å²) in [6, 6.07) is 10.5. The van der Waals surface area contributed by atoms with Gasteiger partial charge in [0.05, 0.1) is 11.7 Å². The second-order valence-corrected chi connectivity index (χ2v) is 5.90. The van der Waals surface area contributed by atoms with E-state index in [0.717, 1.165) is 22.2 Å². The average molecular weight is 359 g/mol. The Hall–Kier alpha value is -1.33. The van der Waals surface area contributed by atoms with Gasteiger partial charge in [0, 0.05) is 10.9 Å². The number of halogens is 4. The Morgan fingerprint density at radius 3 is 2.48 bits per heavy atom. The van der Waals surface area contributed by atoms with Gasteiger partial charge in [0.15, 0.2) is 0 Å². The largest absolute Gasteiger partial charge is 0.416 e. The highest BCUT2D eigenvalue weighted by molar-refractivity contribution is 9.10. The van der Waals surface area contributed by atoms with Crippen LogP contribution in [0.1, 0.15) is 28.4 Å². The smallest absolute Gasteiger partial charge is 0.388 e. The maximum atomic E-state index is 12.7. The second kappa shape index (κ2) is 6.20. The molecule has 0 aliphatic rings. The predicted octanol–water partition coefficient (Wildman–Crippen LogP) is 5.05. The molecule has 0 bridgehead atoms. The van der Waals surface area contributed by atoms with E-state index in [9.17, 15) is 18.3 Å². The van der Waals surface area contributed by atoms with Crippen LogP contribution in [-0.2, 0) is 12.6 Å². The van der Waals surface area contributed by atoms with Crippen LogP contribution in [0.3, 0.4) is 0 Å². The Labute approximate surface area is 129 Å². The van der Waals surface area contributed by atoms with E-state index in [1.807, 2.05) is 19.1 Å². The molecular formula is C16H14BrF3O. The SMILES string of the molecule is Cc1cc(Br)cc(C(O)Cc2cccc(C(F)(F)F)c2)c1. The molecule has 0 amide bonds. The fourth-order valence-corrected chi connectivity index (χ4v) is 2.80. The highest BCUT2D eigenvalue weighted by Crippen LogP contribution is 2.31. The monoisotopic (exact) mass is 358 g/mol. The zero-order valence-electron chi connectivity index (χ0n) is 11.3. The van der Waals surface area contributed by atoms with E-state index in [2.05, 4.69) is 15.9 Å². The van der Waals surface area contributed by atoms with Gasteiger partial charge in [-0.15, -0.1) is 0 Å². The molecule has 0 spiro atoms. The number of hydrogen-bond acceptors (Lipinski definition) is 1. The van der Waals surface area contributed by atoms with Crippen LogP contribution in [0.4, 0.5) is 13.2 Å². The van der Waals surface area contributed by atoms with Crippen LogP contribution >= 0.6 is 15.9 Å². The molecule has 21 heavy (non-hydrogen) atoms. The molecule has 0 aromatic heterocycles. The van der Waals surface area contributed by atoms with Crippen molar-refractivity contribution in [1.29, 1.82) is 0 Å². The number of benzene rings is 2. The van der Waals surface area contributed by atoms with Crippen molar-refractivity contribution in [2.45, 2.75) is 25.6 Å². The number of rotatable bonds is 3. The van der Waals surface area contributed by atoms with Gasteiger partial charge >= 0.3 is 6.18 Å². The van der Waals surface area contributed by atoms with Crippen molar-refractivity contribution in [1.82, 2.24) is 0 Å². The van der Waals surface area contributed by atoms with Gasteiger partial charge in [-0.05, 0) is 41.8 Å². The molecule has 0 radical (unpaired) electrons. The van der Waals surface area contributed by atoms with Crippen molar-refractivity contribution < 1.29 is 18.3 Å². The molecule has 0 aliphatic heterocycles. The van der Waals surface area contributed by atoms with Crippen molar-refractivity contribution >= 4 is 15.9 Å². The van der Waals surface area contributed by atoms with E-state index in [0.29, 0.717) is 11.1 Å². The molecule has 5 heteroatoms. The van der Waals surface area contributed by atoms with Crippen LogP contribution in [0.25, 0.3) is 0 Å². The molecule has 112 valence electrons. The fourth-order valence-electron chi connectivity index (χ4n) is 2.17. The molecule has 2 rings (SSSR count). The molecular weight excluding hydrogens is 345 g/mol. The minimum atomic E-state index is -4.37. The number of aliphatic hydroxyl groups is 1. The molecule has 0 aliphatic carbocycles. The van der Waals surface area contributed by atoms with Gasteiger partial charge in [-0.2, -0.15) is 13.2 Å². The van der Waals surface area contributed by atoms with E-state index in [-0.39, 0.29) is 6.42 Å². The molecule has 1 nitrogen and oxygen atoms in total. The van der Waals surface area contributed by atoms with Crippen LogP contribution in [0.2, 0.25) is 0 Å². The van der Waals surface area contributed by atoms with Crippen LogP contribution < -0.4 is 0 Å². The third kappa shape index (κ3) is 4.32. The molecule has 2 aromatic rings. The molecule has 1 unspecified atom stereocenters. The molecule has 0 fully saturated rings. The summed E-state index contributed by atoms with van der Waals surface area (Å²) < 4.78 is 38.8. The van der Waals surface area contributed by atoms with Gasteiger partial charge in [0.25, 0.3) is 0 Å². The Morgan fingerprint density at radius 2 is 1.86 bits per heavy atom. The van der Waals surface area contributed by atoms with Gasteiger partial charge in [-0.3, -0.25) is 0 Å². The highest BCUT2D eigenvalue weighted by Gasteiger charge is 2.30. The van der Waals surface area contributed by atoms with E-state index in [1.54, 1.807) is 12.1 Å². The maximum absolute atomic E-state index is 12.7. The third-order valence-electron chi connectivity index (χ3n) is 3.13. The zero-order valence-corrected chi connectivity index (χ0v) is 12.9. The summed E-state index contributed by atoms with van der Waals surface area (Å²) in [6.45, 7) is 1.89. The summed E-state index contributed by atoms with van der Waals surface area (Å²) in [5, 5.41) is 10.2. The minimum absolute atomic E-state index is 0.139. The van der Waals surface area contributed by atoms with Gasteiger partial charge in [-0.1, -0.05) is 40.2 Å². The molecule has 0 saturated carbocycles. The highest BCUT2D eigenvalue weighted by atomic mass is 79.9. The average Bonchev–Trinajstić information content (AvgIpc) is 2.37. The molecule has 1 atom stereocenters. The topological polar surface area (TPSA) is 20.2 Å². The Kier molecular flexibility index (Phi) is 4.74. The number of aliphatic hydroxyl groups excluding tert-OH is 1. The number of alkyl halides is 3. The fraction of sp³-hybridized carbons (Fsp3) is 0.250. The van der Waals surface area contributed by atoms with Gasteiger partial charge in [0.1, 0.15) is 0 Å². The molecule has 1 N–H and O–H groups in total. The first-order chi connectivity index (χ1) is 9.75. The first-order valence-electron chi connectivity index (χ1n) is 6.37. The van der Waals surface area contributed by atoms with E-state index in [4.69, 9.17) is 0 Å². The molecule has 0 heterocycles. The van der Waals surface area contributed by atoms with Crippen LogP contribution in [-0.4, -0.2) is 5.11 Å². The lowest BCUT2D eigenvalue weighted by Crippen LogP contribution is -2.07. The first-order valence-corrected chi connectivity index (χ1v) is 7.16. The Balaban J connectivity index is 2.21. The third-order valence-corrected chi connectivity index (χ3v) is 3.59. The number of hydrogen-bond donors (Lipinski definition) is 1. The lowest BCUT2D eigenvalue weighted by molar-refractivity contribution is -0.137. The summed E-state index contributed by atoms with van der Waals surface area (Å²) in [7, 11) is 0. The lowest BCUT2D eigenvalue weighted by Gasteiger charge is -2.14. The van der Waals surface area contributed by atoms with Crippen LogP contribution in [0.5, 0.6) is 0 Å². The van der Waals surface area contributed by atoms with Crippen molar-refractivity contribution in [3.8, 4) is 0 Å². The summed E-state index contributed by atoms with van der Waals surface area (Å²) in [5.41, 5.74) is 1.41. The van der Waals surface area contributed by atoms with E-state index >= 15 is 0 Å². The van der Waals surface area contributed by atoms with Crippen LogP contribution in [0, 0.1) is 6.92 Å². The first kappa shape index (κ1) is 16.0. The second-order valence-electron chi connectivity index (χ2n) is 4.98. The van der Waals surface area contributed by atoms with Crippen LogP contribution in [0.15, 0.2) is 46.9 Å². The standard InChI is InChI=1S/C16H14BrF3O/c1-10-5-12(9-14(17)6-10)15(21)8-11-3-2-4-13(7-11)16(18,19)20/h2-7,9,15,21H,8H2,1H3. The summed E-state index contributed by atoms with van der Waals surface area (Å²) in [4.78, 5) is 0. The van der Waals surface area contributed by atoms with E-state index in [1.165, 1.54) is 6.07 Å². The summed E-state index contributed by atoms with van der Waals surface area (Å²) in [5.74, 6) is 0. The summed E-state index contributed by atoms with van der Waals surface area (Å²) >= 11 is 3.34. The molecule has 2 aromatic carbocycles. The molecule has 0 saturated heterocycles. The van der Waals surface area contributed by atoms with Crippen molar-refractivity contribution in [2.75, 3.05) is 0 Å². The Bertz CT molecular complexity index is 617. The number of aryl methyl sites for hydroxylation is 1. The van der Waals surface area contributed by atoms with E-state index < -0.39 is 17.8 Å². The van der Waals surface area contributed by atoms with Gasteiger partial charge in [-0.25, -0.2) is 0 Å². The lowest BCUT2D eigenvalue weighted by atomic mass is 9.99. The minimum Gasteiger partial charge on any atom is -0.388 e. The summed E-state index contributed by atoms with van der Waals surface area (Å²) in [6.07, 6.45) is -5.07. The predicted molar refractivity (Wildman–Crippen MR) is 79.0 cm³/mol. The van der Waals surface area contributed by atoms with Gasteiger partial charge in [0.2, 0.25) is 0 Å². The van der Waals surface area contributed by atoms with Crippen molar-refractivity contribution in [3.63, 3.8) is 0 Å². The quantitative estimate of drug-likeness (QED) is 0.813. The van der Waals surface area contributed by atoms with Crippen molar-refractivity contribution in [2.24, 2.45) is 0 Å². The zero-order chi connectivity index (χ0) is 15.6. The van der Waals surface area contributed by atoms with Gasteiger partial charge < -0.3 is 5.11 Å². The maximum Gasteiger partial charge on any atom is 0.416 e. The van der Waals surface area contributed by atoms with Crippen molar-refractivity contribution in [3.05, 3.63) is 69.2 Å². The normalized spacial score (nSPS) is 13.2. The Morgan fingerprint density at radius 1 is 1.14 bits per heavy atom.